The van der Waals surface area contributed by atoms with Crippen molar-refractivity contribution in [3.63, 3.8) is 0 Å². The summed E-state index contributed by atoms with van der Waals surface area (Å²) < 4.78 is 1.96. The smallest absolute Gasteiger partial charge is 0.232 e. The molecule has 6 heteroatoms. The van der Waals surface area contributed by atoms with Crippen molar-refractivity contribution < 1.29 is 9.59 Å². The van der Waals surface area contributed by atoms with Crippen LogP contribution >= 0.6 is 0 Å². The maximum Gasteiger partial charge on any atom is 0.232 e. The third-order valence-corrected chi connectivity index (χ3v) is 4.74. The molecule has 1 atom stereocenters. The molecule has 1 aliphatic rings. The summed E-state index contributed by atoms with van der Waals surface area (Å²) in [6, 6.07) is 15.5. The molecule has 0 radical (unpaired) electrons. The van der Waals surface area contributed by atoms with Gasteiger partial charge in [0, 0.05) is 18.7 Å². The largest absolute Gasteiger partial charge is 0.326 e. The summed E-state index contributed by atoms with van der Waals surface area (Å²) in [5.41, 5.74) is 3.76. The number of amides is 2. The first kappa shape index (κ1) is 16.3. The van der Waals surface area contributed by atoms with Crippen LogP contribution in [0.25, 0.3) is 11.0 Å². The lowest BCUT2D eigenvalue weighted by atomic mass is 10.0. The van der Waals surface area contributed by atoms with Gasteiger partial charge in [0.05, 0.1) is 17.0 Å². The van der Waals surface area contributed by atoms with Gasteiger partial charge in [0.25, 0.3) is 0 Å². The number of hydrogen-bond acceptors (Lipinski definition) is 3. The van der Waals surface area contributed by atoms with Crippen LogP contribution in [0.3, 0.4) is 0 Å². The van der Waals surface area contributed by atoms with Crippen molar-refractivity contribution in [3.8, 4) is 0 Å². The molecule has 0 spiro atoms. The van der Waals surface area contributed by atoms with Gasteiger partial charge in [0.15, 0.2) is 0 Å². The van der Waals surface area contributed by atoms with Crippen LogP contribution in [0.2, 0.25) is 0 Å². The Morgan fingerprint density at radius 3 is 2.77 bits per heavy atom. The molecule has 3 aromatic rings. The zero-order valence-corrected chi connectivity index (χ0v) is 14.5. The lowest BCUT2D eigenvalue weighted by molar-refractivity contribution is -0.125. The number of nitrogens with zero attached hydrogens (tertiary/aromatic N) is 2. The average molecular weight is 348 g/mol. The van der Waals surface area contributed by atoms with E-state index in [1.807, 2.05) is 53.1 Å². The molecule has 0 saturated heterocycles. The molecule has 2 heterocycles. The number of carbonyl (C=O) groups excluding carboxylic acids is 2. The van der Waals surface area contributed by atoms with Gasteiger partial charge in [-0.3, -0.25) is 14.9 Å². The Bertz CT molecular complexity index is 975. The minimum atomic E-state index is -0.421. The number of hydrogen-bond donors (Lipinski definition) is 2. The van der Waals surface area contributed by atoms with Crippen LogP contribution in [0, 0.1) is 5.92 Å². The second-order valence-electron chi connectivity index (χ2n) is 6.52. The maximum absolute atomic E-state index is 12.4. The van der Waals surface area contributed by atoms with Crippen molar-refractivity contribution in [3.05, 3.63) is 54.1 Å². The summed E-state index contributed by atoms with van der Waals surface area (Å²) in [5.74, 6) is -0.204. The number of rotatable bonds is 4. The number of aryl methyl sites for hydroxylation is 1. The lowest BCUT2D eigenvalue weighted by Crippen LogP contribution is -2.35. The average Bonchev–Trinajstić information content (AvgIpc) is 3.00. The van der Waals surface area contributed by atoms with E-state index in [1.54, 1.807) is 0 Å². The predicted octanol–water partition coefficient (Wildman–Crippen LogP) is 3.20. The van der Waals surface area contributed by atoms with Gasteiger partial charge in [-0.25, -0.2) is 4.98 Å². The van der Waals surface area contributed by atoms with Gasteiger partial charge in [-0.1, -0.05) is 31.2 Å². The number of benzene rings is 2. The Morgan fingerprint density at radius 1 is 1.23 bits per heavy atom. The molecule has 2 N–H and O–H groups in total. The van der Waals surface area contributed by atoms with Gasteiger partial charge >= 0.3 is 0 Å². The second-order valence-corrected chi connectivity index (χ2v) is 6.52. The normalized spacial score (nSPS) is 16.2. The first-order valence-electron chi connectivity index (χ1n) is 8.79. The van der Waals surface area contributed by atoms with E-state index in [4.69, 9.17) is 0 Å². The van der Waals surface area contributed by atoms with Gasteiger partial charge in [-0.05, 0) is 36.2 Å². The Kier molecular flexibility index (Phi) is 4.16. The zero-order chi connectivity index (χ0) is 18.1. The third kappa shape index (κ3) is 3.06. The number of nitrogens with one attached hydrogen (secondary N) is 2. The summed E-state index contributed by atoms with van der Waals surface area (Å²) in [6.45, 7) is 2.53. The quantitative estimate of drug-likeness (QED) is 0.760. The van der Waals surface area contributed by atoms with Crippen molar-refractivity contribution in [2.45, 2.75) is 26.3 Å². The first-order valence-corrected chi connectivity index (χ1v) is 8.79. The number of fused-ring (bicyclic) bond motifs is 3. The molecule has 1 aliphatic heterocycles. The highest BCUT2D eigenvalue weighted by atomic mass is 16.2. The van der Waals surface area contributed by atoms with E-state index in [2.05, 4.69) is 22.5 Å². The van der Waals surface area contributed by atoms with E-state index in [9.17, 15) is 9.59 Å². The molecule has 2 amide bonds. The maximum atomic E-state index is 12.4. The van der Waals surface area contributed by atoms with Crippen LogP contribution in [0.5, 0.6) is 0 Å². The summed E-state index contributed by atoms with van der Waals surface area (Å²) in [5, 5.41) is 5.69. The molecule has 0 aliphatic carbocycles. The molecule has 2 aromatic carbocycles. The molecule has 0 bridgehead atoms. The Hall–Kier alpha value is -3.15. The molecule has 1 aromatic heterocycles. The molecule has 4 rings (SSSR count). The third-order valence-electron chi connectivity index (χ3n) is 4.74. The highest BCUT2D eigenvalue weighted by Gasteiger charge is 2.30. The molecule has 1 unspecified atom stereocenters. The van der Waals surface area contributed by atoms with Crippen LogP contribution in [0.15, 0.2) is 48.5 Å². The summed E-state index contributed by atoms with van der Waals surface area (Å²) in [6.07, 6.45) is 1.09. The fourth-order valence-corrected chi connectivity index (χ4v) is 3.29. The fourth-order valence-electron chi connectivity index (χ4n) is 3.29. The second kappa shape index (κ2) is 6.63. The van der Waals surface area contributed by atoms with Crippen molar-refractivity contribution in [1.29, 1.82) is 0 Å². The minimum absolute atomic E-state index is 0.132. The zero-order valence-electron chi connectivity index (χ0n) is 14.5. The van der Waals surface area contributed by atoms with Crippen LogP contribution in [-0.4, -0.2) is 21.4 Å². The van der Waals surface area contributed by atoms with Crippen molar-refractivity contribution in [1.82, 2.24) is 9.55 Å². The highest BCUT2D eigenvalue weighted by molar-refractivity contribution is 5.99. The fraction of sp³-hybridized carbons (Fsp3) is 0.250. The van der Waals surface area contributed by atoms with E-state index < -0.39 is 5.92 Å². The van der Waals surface area contributed by atoms with Crippen LogP contribution in [0.1, 0.15) is 18.9 Å². The molecule has 26 heavy (non-hydrogen) atoms. The SMILES string of the molecule is CCc1ccc(NC(=O)CC2Cn3c(nc4ccccc43)NC2=O)cc1. The van der Waals surface area contributed by atoms with Crippen LogP contribution < -0.4 is 10.6 Å². The highest BCUT2D eigenvalue weighted by Crippen LogP contribution is 2.26. The van der Waals surface area contributed by atoms with E-state index in [0.717, 1.165) is 23.1 Å². The summed E-state index contributed by atoms with van der Waals surface area (Å²) >= 11 is 0. The Labute approximate surface area is 151 Å². The molecule has 6 nitrogen and oxygen atoms in total. The van der Waals surface area contributed by atoms with Crippen LogP contribution in [0.4, 0.5) is 11.6 Å². The minimum Gasteiger partial charge on any atom is -0.326 e. The lowest BCUT2D eigenvalue weighted by Gasteiger charge is -2.23. The number of imidazole rings is 1. The molecular weight excluding hydrogens is 328 g/mol. The van der Waals surface area contributed by atoms with Gasteiger partial charge in [0.2, 0.25) is 17.8 Å². The first-order chi connectivity index (χ1) is 12.6. The van der Waals surface area contributed by atoms with Gasteiger partial charge in [-0.15, -0.1) is 0 Å². The molecule has 132 valence electrons. The van der Waals surface area contributed by atoms with Crippen LogP contribution in [-0.2, 0) is 22.6 Å². The Morgan fingerprint density at radius 2 is 2.00 bits per heavy atom. The monoisotopic (exact) mass is 348 g/mol. The topological polar surface area (TPSA) is 76.0 Å². The standard InChI is InChI=1S/C20H20N4O2/c1-2-13-7-9-15(10-8-13)21-18(25)11-14-12-24-17-6-4-3-5-16(17)22-20(24)23-19(14)26/h3-10,14H,2,11-12H2,1H3,(H,21,25)(H,22,23,26). The number of para-hydroxylation sites is 2. The van der Waals surface area contributed by atoms with E-state index in [-0.39, 0.29) is 18.2 Å². The van der Waals surface area contributed by atoms with E-state index in [1.165, 1.54) is 5.56 Å². The van der Waals surface area contributed by atoms with Crippen molar-refractivity contribution in [2.24, 2.45) is 5.92 Å². The summed E-state index contributed by atoms with van der Waals surface area (Å²) in [4.78, 5) is 29.2. The number of carbonyl (C=O) groups is 2. The number of aromatic nitrogens is 2. The van der Waals surface area contributed by atoms with Crippen molar-refractivity contribution in [2.75, 3.05) is 10.6 Å². The van der Waals surface area contributed by atoms with E-state index in [0.29, 0.717) is 12.5 Å². The number of anilines is 2. The van der Waals surface area contributed by atoms with Gasteiger partial charge in [-0.2, -0.15) is 0 Å². The van der Waals surface area contributed by atoms with Gasteiger partial charge < -0.3 is 9.88 Å². The Balaban J connectivity index is 1.47. The van der Waals surface area contributed by atoms with E-state index >= 15 is 0 Å². The predicted molar refractivity (Wildman–Crippen MR) is 101 cm³/mol. The summed E-state index contributed by atoms with van der Waals surface area (Å²) in [7, 11) is 0. The molecule has 0 fully saturated rings. The van der Waals surface area contributed by atoms with Gasteiger partial charge in [0.1, 0.15) is 0 Å². The van der Waals surface area contributed by atoms with Crippen molar-refractivity contribution >= 4 is 34.5 Å². The molecular formula is C20H20N4O2. The molecule has 0 saturated carbocycles.